The van der Waals surface area contributed by atoms with Crippen molar-refractivity contribution in [3.05, 3.63) is 52.2 Å². The molecule has 0 radical (unpaired) electrons. The molecule has 8 nitrogen and oxygen atoms in total. The number of carbonyl (C=O) groups is 1. The number of benzene rings is 2. The Kier molecular flexibility index (Phi) is 17.6. The Morgan fingerprint density at radius 3 is 2.25 bits per heavy atom. The summed E-state index contributed by atoms with van der Waals surface area (Å²) in [7, 11) is 7.83. The van der Waals surface area contributed by atoms with Gasteiger partial charge in [0, 0.05) is 77.2 Å². The predicted molar refractivity (Wildman–Crippen MR) is 187 cm³/mol. The maximum atomic E-state index is 13.5. The molecular weight excluding hydrogens is 578 g/mol. The van der Waals surface area contributed by atoms with Gasteiger partial charge < -0.3 is 29.0 Å². The number of hydrogen-bond acceptors (Lipinski definition) is 7. The van der Waals surface area contributed by atoms with Crippen molar-refractivity contribution in [3.8, 4) is 0 Å². The van der Waals surface area contributed by atoms with Crippen LogP contribution in [-0.2, 0) is 14.3 Å². The van der Waals surface area contributed by atoms with E-state index in [-0.39, 0.29) is 11.3 Å². The zero-order valence-electron chi connectivity index (χ0n) is 27.5. The SMILES string of the molecule is CC.CN(C)c1ccc2c(=O)c3c(/C=C/CCCC(=O)NCCOCCOCCCCCCCl)cc(N(C)C)cc3oc2c1. The Labute approximate surface area is 268 Å². The van der Waals surface area contributed by atoms with E-state index in [1.54, 1.807) is 0 Å². The molecule has 0 aliphatic rings. The Morgan fingerprint density at radius 1 is 0.864 bits per heavy atom. The van der Waals surface area contributed by atoms with Gasteiger partial charge in [0.25, 0.3) is 0 Å². The van der Waals surface area contributed by atoms with Gasteiger partial charge >= 0.3 is 0 Å². The molecule has 244 valence electrons. The van der Waals surface area contributed by atoms with Crippen LogP contribution >= 0.6 is 11.6 Å². The summed E-state index contributed by atoms with van der Waals surface area (Å²) in [6.45, 7) is 6.79. The number of nitrogens with one attached hydrogen (secondary N) is 1. The van der Waals surface area contributed by atoms with E-state index < -0.39 is 0 Å². The van der Waals surface area contributed by atoms with Crippen molar-refractivity contribution in [2.45, 2.75) is 58.8 Å². The molecule has 0 saturated carbocycles. The highest BCUT2D eigenvalue weighted by Crippen LogP contribution is 2.29. The Bertz CT molecular complexity index is 1370. The summed E-state index contributed by atoms with van der Waals surface area (Å²) in [5, 5.41) is 4.02. The van der Waals surface area contributed by atoms with Crippen molar-refractivity contribution >= 4 is 56.9 Å². The van der Waals surface area contributed by atoms with Crippen LogP contribution in [0.15, 0.2) is 45.6 Å². The molecule has 1 heterocycles. The maximum Gasteiger partial charge on any atom is 0.220 e. The number of allylic oxidation sites excluding steroid dienone is 1. The van der Waals surface area contributed by atoms with Crippen molar-refractivity contribution < 1.29 is 18.7 Å². The lowest BCUT2D eigenvalue weighted by Gasteiger charge is -2.16. The van der Waals surface area contributed by atoms with E-state index >= 15 is 0 Å². The van der Waals surface area contributed by atoms with Crippen LogP contribution in [0.1, 0.15) is 64.4 Å². The lowest BCUT2D eigenvalue weighted by molar-refractivity contribution is -0.121. The topological polar surface area (TPSA) is 84.2 Å². The van der Waals surface area contributed by atoms with E-state index in [0.29, 0.717) is 67.6 Å². The van der Waals surface area contributed by atoms with E-state index in [1.807, 2.05) is 94.3 Å². The van der Waals surface area contributed by atoms with E-state index in [4.69, 9.17) is 25.5 Å². The maximum absolute atomic E-state index is 13.5. The molecule has 1 aromatic heterocycles. The van der Waals surface area contributed by atoms with Gasteiger partial charge in [-0.05, 0) is 49.4 Å². The van der Waals surface area contributed by atoms with Crippen molar-refractivity contribution in [2.24, 2.45) is 0 Å². The van der Waals surface area contributed by atoms with Crippen LogP contribution in [0.2, 0.25) is 0 Å². The smallest absolute Gasteiger partial charge is 0.220 e. The lowest BCUT2D eigenvalue weighted by Crippen LogP contribution is -2.27. The number of alkyl halides is 1. The van der Waals surface area contributed by atoms with Gasteiger partial charge in [0.2, 0.25) is 11.3 Å². The minimum atomic E-state index is -0.0484. The first kappa shape index (κ1) is 37.1. The van der Waals surface area contributed by atoms with Crippen molar-refractivity contribution in [1.29, 1.82) is 0 Å². The molecule has 9 heteroatoms. The quantitative estimate of drug-likeness (QED) is 0.0850. The van der Waals surface area contributed by atoms with Gasteiger partial charge in [0.05, 0.1) is 30.6 Å². The number of halogens is 1. The average Bonchev–Trinajstić information content (AvgIpc) is 3.01. The third kappa shape index (κ3) is 12.1. The van der Waals surface area contributed by atoms with Crippen LogP contribution in [-0.4, -0.2) is 73.0 Å². The number of ether oxygens (including phenoxy) is 2. The second-order valence-corrected chi connectivity index (χ2v) is 11.2. The highest BCUT2D eigenvalue weighted by Gasteiger charge is 2.14. The van der Waals surface area contributed by atoms with Gasteiger partial charge in [-0.15, -0.1) is 11.6 Å². The molecule has 1 amide bonds. The summed E-state index contributed by atoms with van der Waals surface area (Å²) in [6, 6.07) is 9.55. The molecular formula is C35H52ClN3O5. The third-order valence-corrected chi connectivity index (χ3v) is 7.26. The molecule has 0 atom stereocenters. The molecule has 3 rings (SSSR count). The fraction of sp³-hybridized carbons (Fsp3) is 0.543. The first-order valence-electron chi connectivity index (χ1n) is 15.9. The van der Waals surface area contributed by atoms with Gasteiger partial charge in [0.1, 0.15) is 11.2 Å². The number of rotatable bonds is 19. The summed E-state index contributed by atoms with van der Waals surface area (Å²) in [4.78, 5) is 29.7. The highest BCUT2D eigenvalue weighted by atomic mass is 35.5. The minimum Gasteiger partial charge on any atom is -0.456 e. The number of anilines is 2. The van der Waals surface area contributed by atoms with Crippen LogP contribution in [0, 0.1) is 0 Å². The Morgan fingerprint density at radius 2 is 1.55 bits per heavy atom. The number of amides is 1. The van der Waals surface area contributed by atoms with Crippen molar-refractivity contribution in [1.82, 2.24) is 5.32 Å². The zero-order chi connectivity index (χ0) is 32.3. The van der Waals surface area contributed by atoms with Crippen LogP contribution in [0.3, 0.4) is 0 Å². The van der Waals surface area contributed by atoms with Crippen LogP contribution in [0.4, 0.5) is 11.4 Å². The third-order valence-electron chi connectivity index (χ3n) is 6.99. The van der Waals surface area contributed by atoms with Crippen LogP contribution in [0.5, 0.6) is 0 Å². The fourth-order valence-corrected chi connectivity index (χ4v) is 4.75. The summed E-state index contributed by atoms with van der Waals surface area (Å²) in [6.07, 6.45) is 10.2. The summed E-state index contributed by atoms with van der Waals surface area (Å²) < 4.78 is 17.3. The van der Waals surface area contributed by atoms with Gasteiger partial charge in [-0.2, -0.15) is 0 Å². The van der Waals surface area contributed by atoms with Gasteiger partial charge in [0.15, 0.2) is 0 Å². The molecule has 2 aromatic carbocycles. The van der Waals surface area contributed by atoms with Crippen molar-refractivity contribution in [3.63, 3.8) is 0 Å². The molecule has 0 saturated heterocycles. The van der Waals surface area contributed by atoms with E-state index in [0.717, 1.165) is 55.1 Å². The Hall–Kier alpha value is -3.07. The molecule has 3 aromatic rings. The molecule has 1 N–H and O–H groups in total. The van der Waals surface area contributed by atoms with Gasteiger partial charge in [-0.1, -0.05) is 38.8 Å². The largest absolute Gasteiger partial charge is 0.456 e. The summed E-state index contributed by atoms with van der Waals surface area (Å²) >= 11 is 5.67. The first-order valence-corrected chi connectivity index (χ1v) is 16.4. The molecule has 0 aliphatic carbocycles. The molecule has 0 fully saturated rings. The average molecular weight is 630 g/mol. The van der Waals surface area contributed by atoms with Crippen LogP contribution in [0.25, 0.3) is 28.0 Å². The lowest BCUT2D eigenvalue weighted by atomic mass is 10.0. The van der Waals surface area contributed by atoms with Gasteiger partial charge in [-0.25, -0.2) is 0 Å². The van der Waals surface area contributed by atoms with Crippen LogP contribution < -0.4 is 20.5 Å². The number of hydrogen-bond donors (Lipinski definition) is 1. The van der Waals surface area contributed by atoms with E-state index in [9.17, 15) is 9.59 Å². The molecule has 0 unspecified atom stereocenters. The molecule has 0 aliphatic heterocycles. The number of nitrogens with zero attached hydrogens (tertiary/aromatic N) is 2. The van der Waals surface area contributed by atoms with E-state index in [2.05, 4.69) is 5.32 Å². The van der Waals surface area contributed by atoms with Gasteiger partial charge in [-0.3, -0.25) is 9.59 Å². The first-order chi connectivity index (χ1) is 21.3. The zero-order valence-corrected chi connectivity index (χ0v) is 28.3. The highest BCUT2D eigenvalue weighted by molar-refractivity contribution is 6.17. The molecule has 44 heavy (non-hydrogen) atoms. The van der Waals surface area contributed by atoms with Crippen molar-refractivity contribution in [2.75, 3.05) is 76.8 Å². The number of carbonyl (C=O) groups excluding carboxylic acids is 1. The Balaban J connectivity index is 0.00000330. The fourth-order valence-electron chi connectivity index (χ4n) is 4.57. The minimum absolute atomic E-state index is 0.00413. The van der Waals surface area contributed by atoms with E-state index in [1.165, 1.54) is 0 Å². The number of unbranched alkanes of at least 4 members (excludes halogenated alkanes) is 4. The normalized spacial score (nSPS) is 11.2. The number of fused-ring (bicyclic) bond motifs is 2. The molecule has 0 bridgehead atoms. The second-order valence-electron chi connectivity index (χ2n) is 10.8. The summed E-state index contributed by atoms with van der Waals surface area (Å²) in [5.74, 6) is 0.730. The molecule has 0 spiro atoms. The predicted octanol–water partition coefficient (Wildman–Crippen LogP) is 7.24. The second kappa shape index (κ2) is 20.8. The standard InChI is InChI=1S/C33H46ClN3O5.C2H6/c1-36(2)26-14-15-28-29(23-26)42-30-24-27(37(3)4)22-25(32(30)33(28)39)12-8-7-9-13-31(38)35-17-19-41-21-20-40-18-11-6-5-10-16-34;1-2/h8,12,14-15,22-24H,5-7,9-11,13,16-21H2,1-4H3,(H,35,38);1-2H3/b12-8+;. The monoisotopic (exact) mass is 629 g/mol. The summed E-state index contributed by atoms with van der Waals surface area (Å²) in [5.41, 5.74) is 3.79.